The van der Waals surface area contributed by atoms with Crippen molar-refractivity contribution in [1.82, 2.24) is 14.5 Å². The van der Waals surface area contributed by atoms with E-state index in [4.69, 9.17) is 10.2 Å². The molecule has 27 heavy (non-hydrogen) atoms. The monoisotopic (exact) mass is 360 g/mol. The van der Waals surface area contributed by atoms with E-state index < -0.39 is 11.7 Å². The van der Waals surface area contributed by atoms with Crippen LogP contribution in [0.5, 0.6) is 0 Å². The number of rotatable bonds is 4. The van der Waals surface area contributed by atoms with Gasteiger partial charge in [0.1, 0.15) is 5.82 Å². The number of aromatic nitrogens is 3. The third kappa shape index (κ3) is 3.10. The van der Waals surface area contributed by atoms with E-state index in [1.165, 1.54) is 4.57 Å². The van der Waals surface area contributed by atoms with Gasteiger partial charge in [0.25, 0.3) is 0 Å². The lowest BCUT2D eigenvalue weighted by Crippen LogP contribution is -2.17. The van der Waals surface area contributed by atoms with Crippen LogP contribution in [0, 0.1) is 6.92 Å². The van der Waals surface area contributed by atoms with E-state index in [1.54, 1.807) is 48.8 Å². The zero-order chi connectivity index (χ0) is 19.0. The summed E-state index contributed by atoms with van der Waals surface area (Å²) in [7, 11) is 0. The highest BCUT2D eigenvalue weighted by atomic mass is 16.4. The van der Waals surface area contributed by atoms with E-state index in [0.717, 1.165) is 5.56 Å². The number of nitrogens with zero attached hydrogens (tertiary/aromatic N) is 3. The molecule has 0 saturated carbocycles. The topological polar surface area (TPSA) is 104 Å². The maximum absolute atomic E-state index is 12.3. The lowest BCUT2D eigenvalue weighted by Gasteiger charge is -2.10. The number of oxazole rings is 1. The van der Waals surface area contributed by atoms with Crippen LogP contribution in [0.2, 0.25) is 0 Å². The fourth-order valence-electron chi connectivity index (χ4n) is 2.98. The number of primary amides is 1. The van der Waals surface area contributed by atoms with Crippen molar-refractivity contribution in [3.63, 3.8) is 0 Å². The SMILES string of the molecule is Cc1cnc(Cc2ccc(-n3c(=O)oc4ccccc43)cc2C(N)=O)nc1. The van der Waals surface area contributed by atoms with Gasteiger partial charge in [-0.3, -0.25) is 4.79 Å². The van der Waals surface area contributed by atoms with Gasteiger partial charge in [0, 0.05) is 24.4 Å². The maximum atomic E-state index is 12.3. The molecule has 0 unspecified atom stereocenters. The molecule has 2 heterocycles. The van der Waals surface area contributed by atoms with Gasteiger partial charge in [-0.15, -0.1) is 0 Å². The summed E-state index contributed by atoms with van der Waals surface area (Å²) in [6, 6.07) is 12.2. The van der Waals surface area contributed by atoms with Crippen LogP contribution < -0.4 is 11.5 Å². The van der Waals surface area contributed by atoms with Gasteiger partial charge in [-0.1, -0.05) is 18.2 Å². The largest absolute Gasteiger partial charge is 0.424 e. The molecule has 4 aromatic rings. The lowest BCUT2D eigenvalue weighted by atomic mass is 10.0. The summed E-state index contributed by atoms with van der Waals surface area (Å²) in [5.41, 5.74) is 9.13. The lowest BCUT2D eigenvalue weighted by molar-refractivity contribution is 0.0999. The van der Waals surface area contributed by atoms with Gasteiger partial charge in [0.15, 0.2) is 5.58 Å². The Morgan fingerprint density at radius 3 is 2.63 bits per heavy atom. The molecule has 134 valence electrons. The van der Waals surface area contributed by atoms with Crippen molar-refractivity contribution < 1.29 is 9.21 Å². The zero-order valence-corrected chi connectivity index (χ0v) is 14.5. The van der Waals surface area contributed by atoms with Crippen LogP contribution in [-0.2, 0) is 6.42 Å². The number of para-hydroxylation sites is 2. The van der Waals surface area contributed by atoms with Gasteiger partial charge in [0.05, 0.1) is 11.2 Å². The fraction of sp³-hybridized carbons (Fsp3) is 0.100. The Hall–Kier alpha value is -3.74. The van der Waals surface area contributed by atoms with Gasteiger partial charge in [-0.25, -0.2) is 19.3 Å². The highest BCUT2D eigenvalue weighted by Gasteiger charge is 2.15. The first-order valence-corrected chi connectivity index (χ1v) is 8.34. The molecular formula is C20H16N4O3. The van der Waals surface area contributed by atoms with E-state index in [1.807, 2.05) is 13.0 Å². The number of nitrogens with two attached hydrogens (primary N) is 1. The maximum Gasteiger partial charge on any atom is 0.424 e. The van der Waals surface area contributed by atoms with Crippen LogP contribution in [0.25, 0.3) is 16.8 Å². The van der Waals surface area contributed by atoms with Crippen LogP contribution in [0.1, 0.15) is 27.3 Å². The molecule has 0 spiro atoms. The summed E-state index contributed by atoms with van der Waals surface area (Å²) in [6.07, 6.45) is 3.80. The third-order valence-corrected chi connectivity index (χ3v) is 4.29. The molecule has 0 saturated heterocycles. The Morgan fingerprint density at radius 1 is 1.15 bits per heavy atom. The first kappa shape index (κ1) is 16.7. The summed E-state index contributed by atoms with van der Waals surface area (Å²) < 4.78 is 6.67. The van der Waals surface area contributed by atoms with Gasteiger partial charge >= 0.3 is 5.76 Å². The average Bonchev–Trinajstić information content (AvgIpc) is 2.99. The highest BCUT2D eigenvalue weighted by molar-refractivity contribution is 5.95. The fourth-order valence-corrected chi connectivity index (χ4v) is 2.98. The zero-order valence-electron chi connectivity index (χ0n) is 14.5. The number of carbonyl (C=O) groups is 1. The minimum Gasteiger partial charge on any atom is -0.407 e. The molecule has 7 heteroatoms. The summed E-state index contributed by atoms with van der Waals surface area (Å²) in [4.78, 5) is 32.8. The molecule has 0 aliphatic carbocycles. The van der Waals surface area contributed by atoms with Crippen LogP contribution in [-0.4, -0.2) is 20.4 Å². The molecule has 4 rings (SSSR count). The molecule has 0 aliphatic heterocycles. The Labute approximate surface area is 154 Å². The van der Waals surface area contributed by atoms with E-state index in [2.05, 4.69) is 9.97 Å². The summed E-state index contributed by atoms with van der Waals surface area (Å²) >= 11 is 0. The van der Waals surface area contributed by atoms with Crippen LogP contribution >= 0.6 is 0 Å². The number of benzene rings is 2. The van der Waals surface area contributed by atoms with Crippen molar-refractivity contribution >= 4 is 17.0 Å². The molecule has 0 bridgehead atoms. The van der Waals surface area contributed by atoms with Crippen molar-refractivity contribution in [2.24, 2.45) is 5.73 Å². The number of fused-ring (bicyclic) bond motifs is 1. The molecular weight excluding hydrogens is 344 g/mol. The number of aryl methyl sites for hydroxylation is 1. The minimum absolute atomic E-state index is 0.314. The number of hydrogen-bond donors (Lipinski definition) is 1. The summed E-state index contributed by atoms with van der Waals surface area (Å²) in [5.74, 6) is -0.525. The standard InChI is InChI=1S/C20H16N4O3/c1-12-10-22-18(23-11-12)8-13-6-7-14(9-15(13)19(21)25)24-16-4-2-3-5-17(16)27-20(24)26/h2-7,9-11H,8H2,1H3,(H2,21,25). The van der Waals surface area contributed by atoms with Crippen molar-refractivity contribution in [1.29, 1.82) is 0 Å². The van der Waals surface area contributed by atoms with E-state index in [-0.39, 0.29) is 0 Å². The quantitative estimate of drug-likeness (QED) is 0.602. The van der Waals surface area contributed by atoms with Crippen LogP contribution in [0.3, 0.4) is 0 Å². The average molecular weight is 360 g/mol. The van der Waals surface area contributed by atoms with Crippen LogP contribution in [0.15, 0.2) is 64.1 Å². The second-order valence-corrected chi connectivity index (χ2v) is 6.23. The van der Waals surface area contributed by atoms with Crippen molar-refractivity contribution in [2.45, 2.75) is 13.3 Å². The van der Waals surface area contributed by atoms with E-state index in [0.29, 0.717) is 40.2 Å². The van der Waals surface area contributed by atoms with Gasteiger partial charge < -0.3 is 10.2 Å². The third-order valence-electron chi connectivity index (χ3n) is 4.29. The highest BCUT2D eigenvalue weighted by Crippen LogP contribution is 2.21. The predicted octanol–water partition coefficient (Wildman–Crippen LogP) is 2.37. The molecule has 0 fully saturated rings. The molecule has 2 aromatic heterocycles. The minimum atomic E-state index is -0.584. The first-order valence-electron chi connectivity index (χ1n) is 8.34. The van der Waals surface area contributed by atoms with Gasteiger partial charge in [-0.2, -0.15) is 0 Å². The van der Waals surface area contributed by atoms with Crippen molar-refractivity contribution in [3.8, 4) is 5.69 Å². The normalized spacial score (nSPS) is 11.0. The molecule has 0 radical (unpaired) electrons. The Bertz CT molecular complexity index is 1210. The summed E-state index contributed by atoms with van der Waals surface area (Å²) in [6.45, 7) is 1.90. The van der Waals surface area contributed by atoms with E-state index >= 15 is 0 Å². The van der Waals surface area contributed by atoms with Crippen molar-refractivity contribution in [2.75, 3.05) is 0 Å². The van der Waals surface area contributed by atoms with Crippen LogP contribution in [0.4, 0.5) is 0 Å². The molecule has 7 nitrogen and oxygen atoms in total. The Kier molecular flexibility index (Phi) is 4.04. The second-order valence-electron chi connectivity index (χ2n) is 6.23. The number of hydrogen-bond acceptors (Lipinski definition) is 5. The molecule has 1 amide bonds. The molecule has 2 N–H and O–H groups in total. The van der Waals surface area contributed by atoms with Crippen molar-refractivity contribution in [3.05, 3.63) is 87.9 Å². The number of amides is 1. The summed E-state index contributed by atoms with van der Waals surface area (Å²) in [5, 5.41) is 0. The van der Waals surface area contributed by atoms with Gasteiger partial charge in [-0.05, 0) is 42.3 Å². The molecule has 0 atom stereocenters. The Balaban J connectivity index is 1.81. The second kappa shape index (κ2) is 6.53. The van der Waals surface area contributed by atoms with E-state index in [9.17, 15) is 9.59 Å². The van der Waals surface area contributed by atoms with Gasteiger partial charge in [0.2, 0.25) is 5.91 Å². The Morgan fingerprint density at radius 2 is 1.89 bits per heavy atom. The first-order chi connectivity index (χ1) is 13.0. The smallest absolute Gasteiger partial charge is 0.407 e. The molecule has 2 aromatic carbocycles. The molecule has 0 aliphatic rings. The predicted molar refractivity (Wildman–Crippen MR) is 99.9 cm³/mol. The number of carbonyl (C=O) groups excluding carboxylic acids is 1.